The van der Waals surface area contributed by atoms with E-state index in [1.807, 2.05) is 29.9 Å². The maximum absolute atomic E-state index is 11.1. The third-order valence-electron chi connectivity index (χ3n) is 2.32. The van der Waals surface area contributed by atoms with Crippen LogP contribution in [0.1, 0.15) is 12.3 Å². The quantitative estimate of drug-likeness (QED) is 0.850. The van der Waals surface area contributed by atoms with Gasteiger partial charge in [0, 0.05) is 13.2 Å². The van der Waals surface area contributed by atoms with Crippen LogP contribution in [0, 0.1) is 11.3 Å². The Morgan fingerprint density at radius 1 is 1.67 bits per heavy atom. The largest absolute Gasteiger partial charge is 0.348 e. The molecule has 0 saturated carbocycles. The standard InChI is InChI=1S/C11H11N5O2/c1-16-6-2-3-8(16)11-14-10(18-15-11)7-13-9(17)4-5-12/h2-3,6H,4,7H2,1H3,(H,13,17). The Balaban J connectivity index is 2.01. The molecule has 0 bridgehead atoms. The van der Waals surface area contributed by atoms with Crippen LogP contribution in [-0.4, -0.2) is 20.6 Å². The molecule has 2 rings (SSSR count). The topological polar surface area (TPSA) is 96.7 Å². The molecule has 2 aromatic heterocycles. The summed E-state index contributed by atoms with van der Waals surface area (Å²) in [6.45, 7) is 0.123. The van der Waals surface area contributed by atoms with Gasteiger partial charge in [0.1, 0.15) is 6.42 Å². The Morgan fingerprint density at radius 2 is 2.50 bits per heavy atom. The molecule has 7 heteroatoms. The molecule has 92 valence electrons. The molecule has 2 aromatic rings. The van der Waals surface area contributed by atoms with Crippen LogP contribution in [0.5, 0.6) is 0 Å². The summed E-state index contributed by atoms with van der Waals surface area (Å²) in [5, 5.41) is 14.7. The van der Waals surface area contributed by atoms with Crippen molar-refractivity contribution < 1.29 is 9.32 Å². The SMILES string of the molecule is Cn1cccc1-c1noc(CNC(=O)CC#N)n1. The Labute approximate surface area is 103 Å². The van der Waals surface area contributed by atoms with Crippen molar-refractivity contribution >= 4 is 5.91 Å². The molecule has 18 heavy (non-hydrogen) atoms. The van der Waals surface area contributed by atoms with E-state index < -0.39 is 0 Å². The fourth-order valence-corrected chi connectivity index (χ4v) is 1.43. The average Bonchev–Trinajstić information content (AvgIpc) is 2.95. The van der Waals surface area contributed by atoms with E-state index in [0.717, 1.165) is 5.69 Å². The minimum Gasteiger partial charge on any atom is -0.348 e. The molecule has 0 aliphatic rings. The van der Waals surface area contributed by atoms with E-state index in [1.54, 1.807) is 6.07 Å². The van der Waals surface area contributed by atoms with Gasteiger partial charge in [-0.3, -0.25) is 4.79 Å². The zero-order valence-electron chi connectivity index (χ0n) is 9.75. The highest BCUT2D eigenvalue weighted by molar-refractivity contribution is 5.77. The number of hydrogen-bond acceptors (Lipinski definition) is 5. The van der Waals surface area contributed by atoms with Crippen molar-refractivity contribution in [1.82, 2.24) is 20.0 Å². The van der Waals surface area contributed by atoms with Gasteiger partial charge in [-0.25, -0.2) is 0 Å². The third-order valence-corrected chi connectivity index (χ3v) is 2.32. The van der Waals surface area contributed by atoms with Gasteiger partial charge in [-0.15, -0.1) is 0 Å². The molecule has 0 aromatic carbocycles. The number of nitrogens with zero attached hydrogens (tertiary/aromatic N) is 4. The molecule has 0 spiro atoms. The van der Waals surface area contributed by atoms with Gasteiger partial charge in [0.2, 0.25) is 17.6 Å². The minimum atomic E-state index is -0.365. The van der Waals surface area contributed by atoms with Crippen LogP contribution in [0.2, 0.25) is 0 Å². The Hall–Kier alpha value is -2.62. The van der Waals surface area contributed by atoms with E-state index in [-0.39, 0.29) is 18.9 Å². The van der Waals surface area contributed by atoms with Crippen LogP contribution in [0.3, 0.4) is 0 Å². The maximum atomic E-state index is 11.1. The summed E-state index contributed by atoms with van der Waals surface area (Å²) in [6, 6.07) is 5.50. The number of hydrogen-bond donors (Lipinski definition) is 1. The van der Waals surface area contributed by atoms with Crippen LogP contribution < -0.4 is 5.32 Å². The number of aryl methyl sites for hydroxylation is 1. The molecule has 1 N–H and O–H groups in total. The fraction of sp³-hybridized carbons (Fsp3) is 0.273. The first-order valence-corrected chi connectivity index (χ1v) is 5.28. The lowest BCUT2D eigenvalue weighted by Gasteiger charge is -1.96. The van der Waals surface area contributed by atoms with Crippen LogP contribution in [-0.2, 0) is 18.4 Å². The Morgan fingerprint density at radius 3 is 3.17 bits per heavy atom. The van der Waals surface area contributed by atoms with E-state index in [4.69, 9.17) is 9.78 Å². The molecule has 2 heterocycles. The molecule has 1 amide bonds. The van der Waals surface area contributed by atoms with Gasteiger partial charge >= 0.3 is 0 Å². The number of aromatic nitrogens is 3. The average molecular weight is 245 g/mol. The summed E-state index contributed by atoms with van der Waals surface area (Å²) in [7, 11) is 1.88. The van der Waals surface area contributed by atoms with E-state index in [2.05, 4.69) is 15.5 Å². The molecule has 0 atom stereocenters. The lowest BCUT2D eigenvalue weighted by molar-refractivity contribution is -0.120. The molecule has 7 nitrogen and oxygen atoms in total. The minimum absolute atomic E-state index is 0.123. The summed E-state index contributed by atoms with van der Waals surface area (Å²) in [5.41, 5.74) is 0.827. The second-order valence-corrected chi connectivity index (χ2v) is 3.63. The zero-order chi connectivity index (χ0) is 13.0. The normalized spacial score (nSPS) is 10.0. The van der Waals surface area contributed by atoms with Crippen LogP contribution in [0.4, 0.5) is 0 Å². The number of amides is 1. The van der Waals surface area contributed by atoms with Crippen molar-refractivity contribution in [2.45, 2.75) is 13.0 Å². The molecule has 0 fully saturated rings. The molecule has 0 unspecified atom stereocenters. The summed E-state index contributed by atoms with van der Waals surface area (Å²) in [4.78, 5) is 15.2. The van der Waals surface area contributed by atoms with Crippen molar-refractivity contribution in [2.75, 3.05) is 0 Å². The summed E-state index contributed by atoms with van der Waals surface area (Å²) >= 11 is 0. The van der Waals surface area contributed by atoms with Crippen molar-refractivity contribution in [2.24, 2.45) is 7.05 Å². The Kier molecular flexibility index (Phi) is 3.38. The van der Waals surface area contributed by atoms with Crippen LogP contribution in [0.25, 0.3) is 11.5 Å². The lowest BCUT2D eigenvalue weighted by Crippen LogP contribution is -2.21. The van der Waals surface area contributed by atoms with Gasteiger partial charge < -0.3 is 14.4 Å². The highest BCUT2D eigenvalue weighted by atomic mass is 16.5. The highest BCUT2D eigenvalue weighted by Crippen LogP contribution is 2.15. The first-order valence-electron chi connectivity index (χ1n) is 5.28. The lowest BCUT2D eigenvalue weighted by atomic mass is 10.4. The van der Waals surface area contributed by atoms with Crippen molar-refractivity contribution in [3.63, 3.8) is 0 Å². The van der Waals surface area contributed by atoms with Crippen molar-refractivity contribution in [3.8, 4) is 17.6 Å². The van der Waals surface area contributed by atoms with E-state index in [9.17, 15) is 4.79 Å². The van der Waals surface area contributed by atoms with Gasteiger partial charge in [-0.1, -0.05) is 5.16 Å². The first-order chi connectivity index (χ1) is 8.70. The van der Waals surface area contributed by atoms with Crippen LogP contribution >= 0.6 is 0 Å². The third kappa shape index (κ3) is 2.55. The van der Waals surface area contributed by atoms with E-state index >= 15 is 0 Å². The summed E-state index contributed by atoms with van der Waals surface area (Å²) in [6.07, 6.45) is 1.69. The Bertz CT molecular complexity index is 593. The smallest absolute Gasteiger partial charge is 0.246 e. The zero-order valence-corrected chi connectivity index (χ0v) is 9.75. The number of carbonyl (C=O) groups excluding carboxylic acids is 1. The molecule has 0 aliphatic carbocycles. The van der Waals surface area contributed by atoms with Gasteiger partial charge in [0.05, 0.1) is 18.3 Å². The van der Waals surface area contributed by atoms with E-state index in [0.29, 0.717) is 11.7 Å². The van der Waals surface area contributed by atoms with Gasteiger partial charge in [-0.2, -0.15) is 10.2 Å². The van der Waals surface area contributed by atoms with Gasteiger partial charge in [0.15, 0.2) is 0 Å². The number of carbonyl (C=O) groups is 1. The maximum Gasteiger partial charge on any atom is 0.246 e. The molecule has 0 aliphatic heterocycles. The van der Waals surface area contributed by atoms with Crippen LogP contribution in [0.15, 0.2) is 22.9 Å². The summed E-state index contributed by atoms with van der Waals surface area (Å²) in [5.74, 6) is 0.403. The van der Waals surface area contributed by atoms with Gasteiger partial charge in [0.25, 0.3) is 0 Å². The molecular formula is C11H11N5O2. The highest BCUT2D eigenvalue weighted by Gasteiger charge is 2.11. The summed E-state index contributed by atoms with van der Waals surface area (Å²) < 4.78 is 6.86. The molecule has 0 radical (unpaired) electrons. The predicted molar refractivity (Wildman–Crippen MR) is 60.8 cm³/mol. The fourth-order valence-electron chi connectivity index (χ4n) is 1.43. The van der Waals surface area contributed by atoms with Crippen molar-refractivity contribution in [3.05, 3.63) is 24.2 Å². The molecule has 0 saturated heterocycles. The number of nitrogens with one attached hydrogen (secondary N) is 1. The van der Waals surface area contributed by atoms with E-state index in [1.165, 1.54) is 0 Å². The predicted octanol–water partition coefficient (Wildman–Crippen LogP) is 0.605. The first kappa shape index (κ1) is 11.9. The second kappa shape index (κ2) is 5.14. The number of nitriles is 1. The van der Waals surface area contributed by atoms with Crippen molar-refractivity contribution in [1.29, 1.82) is 5.26 Å². The van der Waals surface area contributed by atoms with Gasteiger partial charge in [-0.05, 0) is 12.1 Å². The second-order valence-electron chi connectivity index (χ2n) is 3.63. The number of rotatable bonds is 4. The molecular weight excluding hydrogens is 234 g/mol. The monoisotopic (exact) mass is 245 g/mol.